The summed E-state index contributed by atoms with van der Waals surface area (Å²) in [5.74, 6) is 1.17. The van der Waals surface area contributed by atoms with Crippen LogP contribution >= 0.6 is 34.5 Å². The van der Waals surface area contributed by atoms with Crippen molar-refractivity contribution in [1.82, 2.24) is 15.0 Å². The Hall–Kier alpha value is -1.11. The van der Waals surface area contributed by atoms with Crippen molar-refractivity contribution in [3.05, 3.63) is 26.1 Å². The number of halogens is 2. The molecule has 0 saturated carbocycles. The molecule has 3 N–H and O–H groups in total. The number of nitrogens with zero attached hydrogens (tertiary/aromatic N) is 3. The van der Waals surface area contributed by atoms with Crippen molar-refractivity contribution in [2.24, 2.45) is 0 Å². The van der Waals surface area contributed by atoms with Gasteiger partial charge in [0.2, 0.25) is 11.9 Å². The molecule has 5 nitrogen and oxygen atoms in total. The van der Waals surface area contributed by atoms with E-state index < -0.39 is 0 Å². The largest absolute Gasteiger partial charge is 0.368 e. The minimum absolute atomic E-state index is 0.0672. The van der Waals surface area contributed by atoms with Gasteiger partial charge in [-0.3, -0.25) is 0 Å². The molecule has 0 aliphatic rings. The van der Waals surface area contributed by atoms with Crippen LogP contribution in [-0.4, -0.2) is 15.0 Å². The molecule has 2 rings (SSSR count). The molecule has 2 aromatic rings. The predicted molar refractivity (Wildman–Crippen MR) is 75.4 cm³/mol. The second-order valence-electron chi connectivity index (χ2n) is 3.71. The molecule has 0 bridgehead atoms. The summed E-state index contributed by atoms with van der Waals surface area (Å²) in [6, 6.07) is 1.76. The molecule has 18 heavy (non-hydrogen) atoms. The van der Waals surface area contributed by atoms with E-state index >= 15 is 0 Å². The third-order valence-corrected chi connectivity index (χ3v) is 3.78. The van der Waals surface area contributed by atoms with E-state index in [2.05, 4.69) is 20.3 Å². The van der Waals surface area contributed by atoms with Crippen molar-refractivity contribution in [2.75, 3.05) is 11.1 Å². The minimum Gasteiger partial charge on any atom is -0.368 e. The van der Waals surface area contributed by atoms with Gasteiger partial charge < -0.3 is 11.1 Å². The fourth-order valence-electron chi connectivity index (χ4n) is 1.49. The smallest absolute Gasteiger partial charge is 0.228 e. The molecule has 0 radical (unpaired) electrons. The number of hydrogen-bond acceptors (Lipinski definition) is 6. The van der Waals surface area contributed by atoms with Gasteiger partial charge >= 0.3 is 0 Å². The van der Waals surface area contributed by atoms with Crippen molar-refractivity contribution in [3.63, 3.8) is 0 Å². The molecule has 0 fully saturated rings. The fourth-order valence-corrected chi connectivity index (χ4v) is 3.13. The molecule has 0 spiro atoms. The minimum atomic E-state index is -0.0672. The average Bonchev–Trinajstić information content (AvgIpc) is 2.56. The molecule has 2 heterocycles. The highest BCUT2D eigenvalue weighted by Crippen LogP contribution is 2.35. The monoisotopic (exact) mass is 303 g/mol. The highest BCUT2D eigenvalue weighted by Gasteiger charge is 2.14. The number of rotatable bonds is 3. The summed E-state index contributed by atoms with van der Waals surface area (Å²) in [5.41, 5.74) is 6.47. The average molecular weight is 304 g/mol. The Morgan fingerprint density at radius 3 is 2.61 bits per heavy atom. The summed E-state index contributed by atoms with van der Waals surface area (Å²) >= 11 is 13.3. The van der Waals surface area contributed by atoms with Crippen LogP contribution in [0.5, 0.6) is 0 Å². The first-order chi connectivity index (χ1) is 8.45. The molecule has 0 aliphatic carbocycles. The summed E-state index contributed by atoms with van der Waals surface area (Å²) in [7, 11) is 0. The Bertz CT molecular complexity index is 551. The Labute approximate surface area is 118 Å². The zero-order valence-corrected chi connectivity index (χ0v) is 12.1. The Balaban J connectivity index is 2.20. The summed E-state index contributed by atoms with van der Waals surface area (Å²) in [5, 5.41) is 3.12. The number of nitrogens with one attached hydrogen (secondary N) is 1. The van der Waals surface area contributed by atoms with Gasteiger partial charge in [0.05, 0.1) is 14.7 Å². The van der Waals surface area contributed by atoms with Crippen molar-refractivity contribution in [1.29, 1.82) is 0 Å². The SMILES string of the molecule is Cc1nc(N)nc(NC(C)c2cc(Cl)sc2Cl)n1. The Morgan fingerprint density at radius 2 is 2.06 bits per heavy atom. The van der Waals surface area contributed by atoms with Crippen molar-refractivity contribution < 1.29 is 0 Å². The first kappa shape index (κ1) is 13.3. The van der Waals surface area contributed by atoms with E-state index in [1.165, 1.54) is 11.3 Å². The van der Waals surface area contributed by atoms with Crippen molar-refractivity contribution in [3.8, 4) is 0 Å². The molecule has 0 aromatic carbocycles. The van der Waals surface area contributed by atoms with Gasteiger partial charge in [-0.25, -0.2) is 0 Å². The number of aromatic nitrogens is 3. The van der Waals surface area contributed by atoms with E-state index in [0.717, 1.165) is 5.56 Å². The number of hydrogen-bond donors (Lipinski definition) is 2. The highest BCUT2D eigenvalue weighted by atomic mass is 35.5. The molecule has 2 aromatic heterocycles. The lowest BCUT2D eigenvalue weighted by atomic mass is 10.2. The van der Waals surface area contributed by atoms with Crippen molar-refractivity contribution >= 4 is 46.4 Å². The second kappa shape index (κ2) is 5.26. The summed E-state index contributed by atoms with van der Waals surface area (Å²) in [6.07, 6.45) is 0. The summed E-state index contributed by atoms with van der Waals surface area (Å²) in [6.45, 7) is 3.70. The van der Waals surface area contributed by atoms with E-state index in [9.17, 15) is 0 Å². The van der Waals surface area contributed by atoms with Crippen molar-refractivity contribution in [2.45, 2.75) is 19.9 Å². The zero-order valence-electron chi connectivity index (χ0n) is 9.74. The molecule has 0 saturated heterocycles. The number of nitrogens with two attached hydrogens (primary N) is 1. The van der Waals surface area contributed by atoms with Gasteiger partial charge in [0.15, 0.2) is 0 Å². The maximum atomic E-state index is 6.08. The van der Waals surface area contributed by atoms with Crippen LogP contribution in [-0.2, 0) is 0 Å². The summed E-state index contributed by atoms with van der Waals surface area (Å²) < 4.78 is 1.30. The first-order valence-electron chi connectivity index (χ1n) is 5.15. The van der Waals surface area contributed by atoms with Crippen LogP contribution in [0.25, 0.3) is 0 Å². The Kier molecular flexibility index (Phi) is 3.89. The van der Waals surface area contributed by atoms with Crippen LogP contribution < -0.4 is 11.1 Å². The molecule has 1 atom stereocenters. The van der Waals surface area contributed by atoms with E-state index in [1.54, 1.807) is 6.92 Å². The molecule has 0 aliphatic heterocycles. The number of aryl methyl sites for hydroxylation is 1. The standard InChI is InChI=1S/C10H11Cl2N5S/c1-4(6-3-7(11)18-8(6)12)14-10-16-5(2)15-9(13)17-10/h3-4H,1-2H3,(H3,13,14,15,16,17). The molecular formula is C10H11Cl2N5S. The van der Waals surface area contributed by atoms with Crippen LogP contribution in [0.2, 0.25) is 8.67 Å². The number of anilines is 2. The Morgan fingerprint density at radius 1 is 1.33 bits per heavy atom. The summed E-state index contributed by atoms with van der Waals surface area (Å²) in [4.78, 5) is 12.1. The van der Waals surface area contributed by atoms with Crippen LogP contribution in [0.1, 0.15) is 24.4 Å². The van der Waals surface area contributed by atoms with Gasteiger partial charge in [-0.05, 0) is 19.9 Å². The second-order valence-corrected chi connectivity index (χ2v) is 6.00. The van der Waals surface area contributed by atoms with Crippen LogP contribution in [0, 0.1) is 6.92 Å². The zero-order chi connectivity index (χ0) is 13.3. The fraction of sp³-hybridized carbons (Fsp3) is 0.300. The molecule has 8 heteroatoms. The van der Waals surface area contributed by atoms with Gasteiger partial charge in [0.1, 0.15) is 5.82 Å². The topological polar surface area (TPSA) is 76.7 Å². The van der Waals surface area contributed by atoms with E-state index in [1.807, 2.05) is 13.0 Å². The van der Waals surface area contributed by atoms with Crippen LogP contribution in [0.4, 0.5) is 11.9 Å². The predicted octanol–water partition coefficient (Wildman–Crippen LogP) is 3.30. The normalized spacial score (nSPS) is 12.4. The third-order valence-electron chi connectivity index (χ3n) is 2.26. The maximum absolute atomic E-state index is 6.08. The lowest BCUT2D eigenvalue weighted by Crippen LogP contribution is -2.11. The number of nitrogen functional groups attached to an aromatic ring is 1. The lowest BCUT2D eigenvalue weighted by molar-refractivity contribution is 0.852. The molecule has 1 unspecified atom stereocenters. The van der Waals surface area contributed by atoms with Gasteiger partial charge in [-0.2, -0.15) is 15.0 Å². The van der Waals surface area contributed by atoms with Crippen LogP contribution in [0.15, 0.2) is 6.07 Å². The van der Waals surface area contributed by atoms with E-state index in [4.69, 9.17) is 28.9 Å². The lowest BCUT2D eigenvalue weighted by Gasteiger charge is -2.13. The van der Waals surface area contributed by atoms with Gasteiger partial charge in [-0.15, -0.1) is 11.3 Å². The van der Waals surface area contributed by atoms with Crippen LogP contribution in [0.3, 0.4) is 0 Å². The van der Waals surface area contributed by atoms with Gasteiger partial charge in [-0.1, -0.05) is 23.2 Å². The maximum Gasteiger partial charge on any atom is 0.228 e. The molecule has 96 valence electrons. The van der Waals surface area contributed by atoms with E-state index in [0.29, 0.717) is 20.4 Å². The van der Waals surface area contributed by atoms with Gasteiger partial charge in [0.25, 0.3) is 0 Å². The molecular weight excluding hydrogens is 293 g/mol. The van der Waals surface area contributed by atoms with E-state index in [-0.39, 0.29) is 12.0 Å². The number of thiophene rings is 1. The quantitative estimate of drug-likeness (QED) is 0.909. The highest BCUT2D eigenvalue weighted by molar-refractivity contribution is 7.20. The van der Waals surface area contributed by atoms with Gasteiger partial charge in [0, 0.05) is 5.56 Å². The third kappa shape index (κ3) is 3.01. The first-order valence-corrected chi connectivity index (χ1v) is 6.72. The molecule has 0 amide bonds.